The van der Waals surface area contributed by atoms with Gasteiger partial charge in [-0.25, -0.2) is 13.1 Å². The highest BCUT2D eigenvalue weighted by Gasteiger charge is 2.57. The van der Waals surface area contributed by atoms with E-state index < -0.39 is 14.9 Å². The Bertz CT molecular complexity index is 777. The Labute approximate surface area is 134 Å². The number of sulfonamides is 1. The molecule has 1 aliphatic heterocycles. The van der Waals surface area contributed by atoms with E-state index >= 15 is 0 Å². The van der Waals surface area contributed by atoms with Crippen LogP contribution in [0.25, 0.3) is 0 Å². The van der Waals surface area contributed by atoms with Gasteiger partial charge < -0.3 is 4.90 Å². The van der Waals surface area contributed by atoms with Crippen LogP contribution in [0.5, 0.6) is 0 Å². The third-order valence-corrected chi connectivity index (χ3v) is 7.25. The summed E-state index contributed by atoms with van der Waals surface area (Å²) in [6, 6.07) is 4.61. The Morgan fingerprint density at radius 3 is 2.70 bits per heavy atom. The van der Waals surface area contributed by atoms with E-state index in [1.165, 1.54) is 38.4 Å². The van der Waals surface area contributed by atoms with Gasteiger partial charge in [0.2, 0.25) is 10.0 Å². The first-order valence-electron chi connectivity index (χ1n) is 7.91. The number of nitro benzene ring substituents is 1. The number of anilines is 1. The van der Waals surface area contributed by atoms with Gasteiger partial charge in [-0.2, -0.15) is 0 Å². The SMILES string of the molecule is CNS(=O)(=O)c1ccc(N2CC3C4CCC(C4)C32)c([N+](=O)[O-])c1. The first-order chi connectivity index (χ1) is 10.9. The number of benzene rings is 1. The number of rotatable bonds is 4. The highest BCUT2D eigenvalue weighted by atomic mass is 32.2. The smallest absolute Gasteiger partial charge is 0.293 e. The molecular weight excluding hydrogens is 318 g/mol. The molecule has 3 fully saturated rings. The molecule has 0 aromatic heterocycles. The second-order valence-electron chi connectivity index (χ2n) is 6.76. The normalized spacial score (nSPS) is 31.8. The third kappa shape index (κ3) is 2.08. The van der Waals surface area contributed by atoms with Crippen LogP contribution in [0.4, 0.5) is 11.4 Å². The van der Waals surface area contributed by atoms with E-state index in [1.807, 2.05) is 0 Å². The Balaban J connectivity index is 1.71. The van der Waals surface area contributed by atoms with Crippen LogP contribution in [-0.4, -0.2) is 33.0 Å². The molecule has 7 nitrogen and oxygen atoms in total. The minimum atomic E-state index is -3.68. The van der Waals surface area contributed by atoms with Crippen molar-refractivity contribution in [2.45, 2.75) is 30.2 Å². The van der Waals surface area contributed by atoms with Crippen molar-refractivity contribution in [3.8, 4) is 0 Å². The second-order valence-corrected chi connectivity index (χ2v) is 8.64. The highest BCUT2D eigenvalue weighted by molar-refractivity contribution is 7.89. The van der Waals surface area contributed by atoms with Gasteiger partial charge in [-0.05, 0) is 56.2 Å². The molecule has 1 heterocycles. The van der Waals surface area contributed by atoms with E-state index in [0.717, 1.165) is 12.5 Å². The van der Waals surface area contributed by atoms with Crippen molar-refractivity contribution in [2.24, 2.45) is 17.8 Å². The molecule has 4 unspecified atom stereocenters. The molecular formula is C15H19N3O4S. The van der Waals surface area contributed by atoms with E-state index in [1.54, 1.807) is 6.07 Å². The fourth-order valence-electron chi connectivity index (χ4n) is 4.77. The summed E-state index contributed by atoms with van der Waals surface area (Å²) in [5.74, 6) is 2.08. The van der Waals surface area contributed by atoms with Crippen molar-refractivity contribution in [3.05, 3.63) is 28.3 Å². The number of nitro groups is 1. The van der Waals surface area contributed by atoms with Crippen LogP contribution in [0, 0.1) is 27.9 Å². The van der Waals surface area contributed by atoms with Crippen molar-refractivity contribution >= 4 is 21.4 Å². The average Bonchev–Trinajstić information content (AvgIpc) is 3.04. The molecule has 8 heteroatoms. The number of hydrogen-bond acceptors (Lipinski definition) is 5. The maximum atomic E-state index is 11.9. The van der Waals surface area contributed by atoms with Gasteiger partial charge in [-0.1, -0.05) is 0 Å². The molecule has 2 saturated carbocycles. The number of nitrogens with one attached hydrogen (secondary N) is 1. The molecule has 0 spiro atoms. The zero-order chi connectivity index (χ0) is 16.4. The summed E-state index contributed by atoms with van der Waals surface area (Å²) < 4.78 is 26.0. The highest BCUT2D eigenvalue weighted by Crippen LogP contribution is 2.57. The fourth-order valence-corrected chi connectivity index (χ4v) is 5.52. The predicted molar refractivity (Wildman–Crippen MR) is 84.8 cm³/mol. The van der Waals surface area contributed by atoms with Crippen molar-refractivity contribution in [2.75, 3.05) is 18.5 Å². The third-order valence-electron chi connectivity index (χ3n) is 5.84. The average molecular weight is 337 g/mol. The van der Waals surface area contributed by atoms with Gasteiger partial charge in [0.15, 0.2) is 0 Å². The lowest BCUT2D eigenvalue weighted by molar-refractivity contribution is -0.384. The van der Waals surface area contributed by atoms with Gasteiger partial charge in [-0.15, -0.1) is 0 Å². The van der Waals surface area contributed by atoms with Gasteiger partial charge in [0.1, 0.15) is 5.69 Å². The summed E-state index contributed by atoms with van der Waals surface area (Å²) in [5, 5.41) is 11.4. The Morgan fingerprint density at radius 2 is 2.04 bits per heavy atom. The van der Waals surface area contributed by atoms with Gasteiger partial charge in [0.05, 0.1) is 9.82 Å². The number of hydrogen-bond donors (Lipinski definition) is 1. The summed E-state index contributed by atoms with van der Waals surface area (Å²) in [6.45, 7) is 0.852. The van der Waals surface area contributed by atoms with E-state index in [-0.39, 0.29) is 10.6 Å². The molecule has 3 aliphatic rings. The molecule has 0 radical (unpaired) electrons. The zero-order valence-electron chi connectivity index (χ0n) is 12.8. The molecule has 4 atom stereocenters. The van der Waals surface area contributed by atoms with E-state index in [9.17, 15) is 18.5 Å². The lowest BCUT2D eigenvalue weighted by Gasteiger charge is -2.51. The second kappa shape index (κ2) is 4.91. The van der Waals surface area contributed by atoms with Crippen molar-refractivity contribution in [1.82, 2.24) is 4.72 Å². The van der Waals surface area contributed by atoms with Gasteiger partial charge in [0, 0.05) is 18.7 Å². The van der Waals surface area contributed by atoms with Crippen LogP contribution in [0.2, 0.25) is 0 Å². The van der Waals surface area contributed by atoms with Crippen LogP contribution >= 0.6 is 0 Å². The maximum Gasteiger partial charge on any atom is 0.293 e. The van der Waals surface area contributed by atoms with Gasteiger partial charge in [-0.3, -0.25) is 10.1 Å². The fraction of sp³-hybridized carbons (Fsp3) is 0.600. The summed E-state index contributed by atoms with van der Waals surface area (Å²) in [6.07, 6.45) is 3.75. The summed E-state index contributed by atoms with van der Waals surface area (Å²) in [7, 11) is -2.39. The lowest BCUT2D eigenvalue weighted by atomic mass is 9.76. The molecule has 124 valence electrons. The largest absolute Gasteiger partial charge is 0.362 e. The molecule has 23 heavy (non-hydrogen) atoms. The first-order valence-corrected chi connectivity index (χ1v) is 9.39. The molecule has 1 aromatic rings. The number of nitrogens with zero attached hydrogens (tertiary/aromatic N) is 2. The standard InChI is InChI=1S/C15H19N3O4S/c1-16-23(21,22)11-4-5-13(14(7-11)18(19)20)17-8-12-9-2-3-10(6-9)15(12)17/h4-5,7,9-10,12,15-16H,2-3,6,8H2,1H3. The molecule has 4 rings (SSSR count). The van der Waals surface area contributed by atoms with Crippen LogP contribution in [-0.2, 0) is 10.0 Å². The van der Waals surface area contributed by atoms with Crippen molar-refractivity contribution in [3.63, 3.8) is 0 Å². The maximum absolute atomic E-state index is 11.9. The van der Waals surface area contributed by atoms with Crippen LogP contribution < -0.4 is 9.62 Å². The lowest BCUT2D eigenvalue weighted by Crippen LogP contribution is -2.59. The van der Waals surface area contributed by atoms with E-state index in [0.29, 0.717) is 23.6 Å². The van der Waals surface area contributed by atoms with Gasteiger partial charge >= 0.3 is 0 Å². The van der Waals surface area contributed by atoms with Crippen molar-refractivity contribution < 1.29 is 13.3 Å². The van der Waals surface area contributed by atoms with Crippen molar-refractivity contribution in [1.29, 1.82) is 0 Å². The molecule has 1 aromatic carbocycles. The van der Waals surface area contributed by atoms with Crippen LogP contribution in [0.1, 0.15) is 19.3 Å². The summed E-state index contributed by atoms with van der Waals surface area (Å²) >= 11 is 0. The molecule has 2 aliphatic carbocycles. The van der Waals surface area contributed by atoms with Gasteiger partial charge in [0.25, 0.3) is 5.69 Å². The summed E-state index contributed by atoms with van der Waals surface area (Å²) in [4.78, 5) is 13.0. The minimum Gasteiger partial charge on any atom is -0.362 e. The molecule has 0 amide bonds. The zero-order valence-corrected chi connectivity index (χ0v) is 13.6. The Morgan fingerprint density at radius 1 is 1.30 bits per heavy atom. The van der Waals surface area contributed by atoms with Crippen LogP contribution in [0.15, 0.2) is 23.1 Å². The van der Waals surface area contributed by atoms with Crippen LogP contribution in [0.3, 0.4) is 0 Å². The monoisotopic (exact) mass is 337 g/mol. The molecule has 2 bridgehead atoms. The first kappa shape index (κ1) is 14.9. The number of fused-ring (bicyclic) bond motifs is 5. The quantitative estimate of drug-likeness (QED) is 0.667. The minimum absolute atomic E-state index is 0.0690. The Kier molecular flexibility index (Phi) is 3.18. The van der Waals surface area contributed by atoms with E-state index in [4.69, 9.17) is 0 Å². The summed E-state index contributed by atoms with van der Waals surface area (Å²) in [5.41, 5.74) is 0.432. The molecule has 1 saturated heterocycles. The van der Waals surface area contributed by atoms with E-state index in [2.05, 4.69) is 9.62 Å². The topological polar surface area (TPSA) is 92.6 Å². The predicted octanol–water partition coefficient (Wildman–Crippen LogP) is 1.74. The molecule has 1 N–H and O–H groups in total. The Hall–Kier alpha value is -1.67.